The fourth-order valence-electron chi connectivity index (χ4n) is 3.77. The lowest BCUT2D eigenvalue weighted by molar-refractivity contribution is -0.124. The van der Waals surface area contributed by atoms with Crippen LogP contribution in [0.3, 0.4) is 0 Å². The van der Waals surface area contributed by atoms with Gasteiger partial charge in [-0.2, -0.15) is 0 Å². The van der Waals surface area contributed by atoms with E-state index in [9.17, 15) is 19.2 Å². The van der Waals surface area contributed by atoms with Crippen LogP contribution in [0.25, 0.3) is 31.3 Å². The molecule has 18 nitrogen and oxygen atoms in total. The quantitative estimate of drug-likeness (QED) is 0.0541. The Morgan fingerprint density at radius 3 is 1.20 bits per heavy atom. The Kier molecular flexibility index (Phi) is 22.0. The summed E-state index contributed by atoms with van der Waals surface area (Å²) in [5, 5.41) is 18.5. The number of rotatable bonds is 25. The summed E-state index contributed by atoms with van der Waals surface area (Å²) in [6.45, 7) is 2.09. The molecule has 4 amide bonds. The average Bonchev–Trinajstić information content (AvgIpc) is 2.94. The lowest BCUT2D eigenvalue weighted by Gasteiger charge is -2.33. The van der Waals surface area contributed by atoms with Crippen molar-refractivity contribution in [3.05, 3.63) is 31.3 Å². The summed E-state index contributed by atoms with van der Waals surface area (Å²) >= 11 is 0. The zero-order chi connectivity index (χ0) is 30.6. The van der Waals surface area contributed by atoms with Gasteiger partial charge in [0.05, 0.1) is 0 Å². The van der Waals surface area contributed by atoms with Gasteiger partial charge < -0.3 is 26.4 Å². The van der Waals surface area contributed by atoms with E-state index in [1.54, 1.807) is 0 Å². The first kappa shape index (κ1) is 36.6. The normalized spacial score (nSPS) is 11.4. The number of nitrogens with one attached hydrogen (secondary N) is 3. The van der Waals surface area contributed by atoms with Crippen LogP contribution in [0.1, 0.15) is 77.0 Å². The number of ether oxygens (including phenoxy) is 1. The second-order valence-corrected chi connectivity index (χ2v) is 9.14. The molecule has 0 aliphatic carbocycles. The van der Waals surface area contributed by atoms with E-state index in [2.05, 4.69) is 46.0 Å². The monoisotopic (exact) mass is 579 g/mol. The van der Waals surface area contributed by atoms with E-state index >= 15 is 0 Å². The van der Waals surface area contributed by atoms with E-state index < -0.39 is 11.7 Å². The largest absolute Gasteiger partial charge is 0.443 e. The van der Waals surface area contributed by atoms with Gasteiger partial charge in [0.15, 0.2) is 0 Å². The molecule has 0 bridgehead atoms. The molecule has 0 unspecified atom stereocenters. The molecule has 18 heteroatoms. The number of hydrogen-bond donors (Lipinski definition) is 4. The molecule has 0 radical (unpaired) electrons. The van der Waals surface area contributed by atoms with Crippen molar-refractivity contribution in [3.63, 3.8) is 0 Å². The smallest absolute Gasteiger partial charge is 0.405 e. The fourth-order valence-corrected chi connectivity index (χ4v) is 3.77. The highest BCUT2D eigenvalue weighted by atomic mass is 16.6. The minimum absolute atomic E-state index is 0.0360. The van der Waals surface area contributed by atoms with Gasteiger partial charge >= 0.3 is 6.09 Å². The number of primary amides is 1. The van der Waals surface area contributed by atoms with Gasteiger partial charge in [0, 0.05) is 73.3 Å². The van der Waals surface area contributed by atoms with E-state index in [-0.39, 0.29) is 56.2 Å². The molecule has 0 heterocycles. The number of unbranched alkanes of at least 4 members (excludes halogenated alkanes) is 3. The Morgan fingerprint density at radius 1 is 0.610 bits per heavy atom. The Bertz CT molecular complexity index is 850. The molecule has 41 heavy (non-hydrogen) atoms. The maximum absolute atomic E-state index is 12.5. The number of amides is 4. The van der Waals surface area contributed by atoms with E-state index in [1.165, 1.54) is 0 Å². The molecule has 0 saturated carbocycles. The van der Waals surface area contributed by atoms with Crippen molar-refractivity contribution in [1.82, 2.24) is 16.0 Å². The molecule has 5 N–H and O–H groups in total. The molecule has 0 atom stereocenters. The predicted molar refractivity (Wildman–Crippen MR) is 150 cm³/mol. The third kappa shape index (κ3) is 22.2. The standard InChI is InChI=1S/C23H41N13O5/c24-22(40)41-23(10-7-19(37)28-13-1-4-16-31-34-25,11-8-20(38)29-14-2-5-17-32-35-26)12-9-21(39)30-15-3-6-18-33-36-27/h1-18H2,(H2,24,40)(H,28,37)(H,29,38)(H,30,39). The minimum Gasteiger partial charge on any atom is -0.443 e. The second-order valence-electron chi connectivity index (χ2n) is 9.14. The third-order valence-corrected chi connectivity index (χ3v) is 5.95. The summed E-state index contributed by atoms with van der Waals surface area (Å²) in [6.07, 6.45) is 2.60. The highest BCUT2D eigenvalue weighted by molar-refractivity contribution is 5.77. The van der Waals surface area contributed by atoms with E-state index in [0.29, 0.717) is 77.8 Å². The van der Waals surface area contributed by atoms with E-state index in [0.717, 1.165) is 0 Å². The molecule has 0 aliphatic rings. The van der Waals surface area contributed by atoms with Crippen molar-refractivity contribution in [2.24, 2.45) is 21.1 Å². The lowest BCUT2D eigenvalue weighted by Crippen LogP contribution is -2.41. The molecular weight excluding hydrogens is 538 g/mol. The van der Waals surface area contributed by atoms with Crippen LogP contribution in [0, 0.1) is 0 Å². The van der Waals surface area contributed by atoms with Gasteiger partial charge in [0.1, 0.15) is 5.60 Å². The molecule has 0 aromatic rings. The molecule has 0 fully saturated rings. The van der Waals surface area contributed by atoms with Gasteiger partial charge in [-0.05, 0) is 74.4 Å². The van der Waals surface area contributed by atoms with Crippen molar-refractivity contribution in [2.45, 2.75) is 82.7 Å². The summed E-state index contributed by atoms with van der Waals surface area (Å²) in [5.41, 5.74) is 28.9. The summed E-state index contributed by atoms with van der Waals surface area (Å²) in [4.78, 5) is 57.2. The van der Waals surface area contributed by atoms with Crippen molar-refractivity contribution in [3.8, 4) is 0 Å². The van der Waals surface area contributed by atoms with Gasteiger partial charge in [-0.3, -0.25) is 14.4 Å². The predicted octanol–water partition coefficient (Wildman–Crippen LogP) is 3.78. The van der Waals surface area contributed by atoms with Crippen LogP contribution in [0.5, 0.6) is 0 Å². The molecule has 228 valence electrons. The first-order valence-corrected chi connectivity index (χ1v) is 13.6. The first-order chi connectivity index (χ1) is 19.8. The van der Waals surface area contributed by atoms with Crippen LogP contribution in [-0.4, -0.2) is 68.7 Å². The lowest BCUT2D eigenvalue weighted by atomic mass is 9.86. The van der Waals surface area contributed by atoms with Crippen LogP contribution in [0.4, 0.5) is 4.79 Å². The number of carbonyl (C=O) groups is 4. The number of carbonyl (C=O) groups excluding carboxylic acids is 4. The second kappa shape index (κ2) is 24.6. The third-order valence-electron chi connectivity index (χ3n) is 5.95. The summed E-state index contributed by atoms with van der Waals surface area (Å²) in [6, 6.07) is 0. The average molecular weight is 580 g/mol. The molecule has 0 spiro atoms. The maximum Gasteiger partial charge on any atom is 0.405 e. The van der Waals surface area contributed by atoms with Crippen LogP contribution in [-0.2, 0) is 19.1 Å². The highest BCUT2D eigenvalue weighted by Crippen LogP contribution is 2.30. The number of hydrogen-bond acceptors (Lipinski definition) is 8. The van der Waals surface area contributed by atoms with Gasteiger partial charge in [-0.25, -0.2) is 4.79 Å². The van der Waals surface area contributed by atoms with Gasteiger partial charge in [-0.15, -0.1) is 0 Å². The Morgan fingerprint density at radius 2 is 0.927 bits per heavy atom. The minimum atomic E-state index is -1.33. The summed E-state index contributed by atoms with van der Waals surface area (Å²) < 4.78 is 5.46. The number of nitrogens with two attached hydrogens (primary N) is 1. The fraction of sp³-hybridized carbons (Fsp3) is 0.826. The van der Waals surface area contributed by atoms with Crippen molar-refractivity contribution in [2.75, 3.05) is 39.3 Å². The van der Waals surface area contributed by atoms with E-state index in [4.69, 9.17) is 27.1 Å². The molecule has 0 aromatic heterocycles. The zero-order valence-corrected chi connectivity index (χ0v) is 23.4. The molecule has 0 saturated heterocycles. The Hall–Kier alpha value is -4.39. The Labute approximate surface area is 238 Å². The van der Waals surface area contributed by atoms with Crippen LogP contribution < -0.4 is 21.7 Å². The van der Waals surface area contributed by atoms with Crippen LogP contribution in [0.15, 0.2) is 15.3 Å². The van der Waals surface area contributed by atoms with Gasteiger partial charge in [0.25, 0.3) is 0 Å². The van der Waals surface area contributed by atoms with Crippen molar-refractivity contribution >= 4 is 23.8 Å². The van der Waals surface area contributed by atoms with Crippen LogP contribution >= 0.6 is 0 Å². The maximum atomic E-state index is 12.5. The SMILES string of the molecule is [N-]=[N+]=NCCCCNC(=O)CCC(CCC(=O)NCCCCN=[N+]=[N-])(CCC(=O)NCCCCN=[N+]=[N-])OC(N)=O. The molecule has 0 rings (SSSR count). The highest BCUT2D eigenvalue weighted by Gasteiger charge is 2.35. The van der Waals surface area contributed by atoms with Crippen molar-refractivity contribution in [1.29, 1.82) is 0 Å². The topological polar surface area (TPSA) is 286 Å². The Balaban J connectivity index is 5.13. The molecule has 0 aromatic carbocycles. The van der Waals surface area contributed by atoms with Crippen LogP contribution in [0.2, 0.25) is 0 Å². The van der Waals surface area contributed by atoms with E-state index in [1.807, 2.05) is 0 Å². The first-order valence-electron chi connectivity index (χ1n) is 13.6. The van der Waals surface area contributed by atoms with Crippen molar-refractivity contribution < 1.29 is 23.9 Å². The summed E-state index contributed by atoms with van der Waals surface area (Å²) in [7, 11) is 0. The number of azide groups is 3. The number of nitrogens with zero attached hydrogens (tertiary/aromatic N) is 9. The summed E-state index contributed by atoms with van der Waals surface area (Å²) in [5.74, 6) is -0.916. The zero-order valence-electron chi connectivity index (χ0n) is 23.4. The van der Waals surface area contributed by atoms with Gasteiger partial charge in [-0.1, -0.05) is 15.3 Å². The van der Waals surface area contributed by atoms with Gasteiger partial charge in [0.2, 0.25) is 17.7 Å². The molecule has 0 aliphatic heterocycles. The molecular formula is C23H41N13O5.